The lowest BCUT2D eigenvalue weighted by Crippen LogP contribution is -2.17. The van der Waals surface area contributed by atoms with Crippen molar-refractivity contribution >= 4 is 5.97 Å². The molecule has 0 atom stereocenters. The van der Waals surface area contributed by atoms with Crippen LogP contribution in [0.5, 0.6) is 5.75 Å². The third-order valence-corrected chi connectivity index (χ3v) is 3.70. The van der Waals surface area contributed by atoms with Gasteiger partial charge in [0.1, 0.15) is 5.75 Å². The average molecular weight is 308 g/mol. The number of carboxylic acids is 1. The molecule has 2 N–H and O–H groups in total. The Morgan fingerprint density at radius 1 is 1.05 bits per heavy atom. The summed E-state index contributed by atoms with van der Waals surface area (Å²) in [6.45, 7) is 12.7. The summed E-state index contributed by atoms with van der Waals surface area (Å²) < 4.78 is 0. The molecule has 0 aliphatic carbocycles. The van der Waals surface area contributed by atoms with E-state index in [2.05, 4.69) is 47.6 Å². The fraction of sp³-hybridized carbons (Fsp3) is 0.632. The first-order valence-corrected chi connectivity index (χ1v) is 7.51. The molecule has 0 spiro atoms. The zero-order chi connectivity index (χ0) is 16.4. The summed E-state index contributed by atoms with van der Waals surface area (Å²) in [6, 6.07) is 4.10. The fourth-order valence-electron chi connectivity index (χ4n) is 2.32. The van der Waals surface area contributed by atoms with E-state index in [1.165, 1.54) is 5.56 Å². The van der Waals surface area contributed by atoms with Gasteiger partial charge >= 0.3 is 5.97 Å². The third-order valence-electron chi connectivity index (χ3n) is 3.70. The molecule has 1 aromatic carbocycles. The van der Waals surface area contributed by atoms with Crippen LogP contribution in [0.3, 0.4) is 0 Å². The molecule has 0 heterocycles. The van der Waals surface area contributed by atoms with Crippen molar-refractivity contribution in [2.24, 2.45) is 0 Å². The average Bonchev–Trinajstić information content (AvgIpc) is 2.27. The van der Waals surface area contributed by atoms with Crippen molar-refractivity contribution in [3.05, 3.63) is 28.8 Å². The summed E-state index contributed by atoms with van der Waals surface area (Å²) in [4.78, 5) is 10.7. The predicted octanol–water partition coefficient (Wildman–Crippen LogP) is 5.03. The Kier molecular flexibility index (Phi) is 6.68. The Morgan fingerprint density at radius 3 is 2.00 bits per heavy atom. The second kappa shape index (κ2) is 7.17. The Morgan fingerprint density at radius 2 is 1.59 bits per heavy atom. The van der Waals surface area contributed by atoms with Crippen LogP contribution in [0.1, 0.15) is 78.5 Å². The lowest BCUT2D eigenvalue weighted by Gasteiger charge is -2.27. The molecule has 1 aromatic rings. The van der Waals surface area contributed by atoms with Gasteiger partial charge in [-0.1, -0.05) is 61.1 Å². The number of phenolic OH excluding ortho intramolecular Hbond substituents is 1. The second-order valence-electron chi connectivity index (χ2n) is 7.78. The highest BCUT2D eigenvalue weighted by atomic mass is 16.4. The van der Waals surface area contributed by atoms with E-state index in [0.29, 0.717) is 18.6 Å². The van der Waals surface area contributed by atoms with E-state index in [1.54, 1.807) is 0 Å². The van der Waals surface area contributed by atoms with Crippen LogP contribution < -0.4 is 0 Å². The van der Waals surface area contributed by atoms with Gasteiger partial charge < -0.3 is 10.2 Å². The van der Waals surface area contributed by atoms with Crippen LogP contribution in [0.2, 0.25) is 0 Å². The lowest BCUT2D eigenvalue weighted by atomic mass is 9.78. The van der Waals surface area contributed by atoms with Gasteiger partial charge in [0.2, 0.25) is 0 Å². The first-order valence-electron chi connectivity index (χ1n) is 7.51. The number of aliphatic carboxylic acids is 1. The topological polar surface area (TPSA) is 57.5 Å². The zero-order valence-corrected chi connectivity index (χ0v) is 14.1. The maximum Gasteiger partial charge on any atom is 0.303 e. The zero-order valence-electron chi connectivity index (χ0n) is 14.1. The van der Waals surface area contributed by atoms with Crippen LogP contribution in [0.4, 0.5) is 0 Å². The van der Waals surface area contributed by atoms with Gasteiger partial charge in [-0.2, -0.15) is 0 Å². The van der Waals surface area contributed by atoms with Gasteiger partial charge in [0.15, 0.2) is 0 Å². The largest absolute Gasteiger partial charge is 0.507 e. The molecule has 0 bridgehead atoms. The molecule has 0 radical (unpaired) electrons. The van der Waals surface area contributed by atoms with Crippen molar-refractivity contribution in [3.63, 3.8) is 0 Å². The first-order chi connectivity index (χ1) is 9.43. The van der Waals surface area contributed by atoms with Crippen LogP contribution in [0, 0.1) is 0 Å². The molecule has 0 unspecified atom stereocenters. The van der Waals surface area contributed by atoms with Crippen LogP contribution in [0.25, 0.3) is 0 Å². The van der Waals surface area contributed by atoms with Crippen molar-refractivity contribution in [1.29, 1.82) is 0 Å². The molecular formula is C19H32O3. The summed E-state index contributed by atoms with van der Waals surface area (Å²) >= 11 is 0. The van der Waals surface area contributed by atoms with Gasteiger partial charge in [-0.15, -0.1) is 0 Å². The fourth-order valence-corrected chi connectivity index (χ4v) is 2.32. The van der Waals surface area contributed by atoms with Crippen LogP contribution in [-0.2, 0) is 22.0 Å². The lowest BCUT2D eigenvalue weighted by molar-refractivity contribution is -0.137. The molecule has 3 heteroatoms. The van der Waals surface area contributed by atoms with Crippen molar-refractivity contribution in [2.75, 3.05) is 0 Å². The monoisotopic (exact) mass is 308 g/mol. The minimum absolute atomic E-state index is 0. The molecule has 22 heavy (non-hydrogen) atoms. The van der Waals surface area contributed by atoms with E-state index in [0.717, 1.165) is 11.1 Å². The third kappa shape index (κ3) is 5.36. The molecule has 126 valence electrons. The summed E-state index contributed by atoms with van der Waals surface area (Å²) in [5.74, 6) is -0.474. The summed E-state index contributed by atoms with van der Waals surface area (Å²) in [5.41, 5.74) is 2.81. The van der Waals surface area contributed by atoms with Gasteiger partial charge in [0.25, 0.3) is 0 Å². The first kappa shape index (κ1) is 20.5. The van der Waals surface area contributed by atoms with Crippen LogP contribution >= 0.6 is 0 Å². The highest BCUT2D eigenvalue weighted by molar-refractivity contribution is 5.66. The minimum Gasteiger partial charge on any atom is -0.507 e. The molecule has 3 nitrogen and oxygen atoms in total. The Bertz CT molecular complexity index is 517. The van der Waals surface area contributed by atoms with Gasteiger partial charge in [0, 0.05) is 6.42 Å². The quantitative estimate of drug-likeness (QED) is 0.820. The maximum atomic E-state index is 10.7. The van der Waals surface area contributed by atoms with E-state index in [9.17, 15) is 9.90 Å². The summed E-state index contributed by atoms with van der Waals surface area (Å²) in [7, 11) is 0. The highest BCUT2D eigenvalue weighted by Crippen LogP contribution is 2.38. The number of rotatable bonds is 4. The number of carboxylic acid groups (broad SMARTS) is 1. The molecular weight excluding hydrogens is 276 g/mol. The molecule has 1 rings (SSSR count). The summed E-state index contributed by atoms with van der Waals surface area (Å²) in [5, 5.41) is 19.3. The number of aromatic hydroxyl groups is 1. The van der Waals surface area contributed by atoms with E-state index >= 15 is 0 Å². The van der Waals surface area contributed by atoms with Crippen molar-refractivity contribution in [3.8, 4) is 5.75 Å². The number of hydrogen-bond donors (Lipinski definition) is 2. The standard InChI is InChI=1S/C18H28O3.CH4/c1-17(2,3)13-10-12(8-7-9-15(19)20)16(21)14(11-13)18(4,5)6;/h10-11,21H,7-9H2,1-6H3,(H,19,20);1H4. The van der Waals surface area contributed by atoms with E-state index in [4.69, 9.17) is 5.11 Å². The second-order valence-corrected chi connectivity index (χ2v) is 7.78. The van der Waals surface area contributed by atoms with E-state index in [1.807, 2.05) is 6.07 Å². The smallest absolute Gasteiger partial charge is 0.303 e. The number of phenols is 1. The van der Waals surface area contributed by atoms with Gasteiger partial charge in [-0.3, -0.25) is 4.79 Å². The molecule has 0 saturated carbocycles. The van der Waals surface area contributed by atoms with Gasteiger partial charge in [-0.05, 0) is 40.4 Å². The molecule has 0 aliphatic rings. The predicted molar refractivity (Wildman–Crippen MR) is 92.8 cm³/mol. The number of benzene rings is 1. The Labute approximate surface area is 135 Å². The number of hydrogen-bond acceptors (Lipinski definition) is 2. The highest BCUT2D eigenvalue weighted by Gasteiger charge is 2.24. The Hall–Kier alpha value is -1.51. The minimum atomic E-state index is -0.794. The Balaban J connectivity index is 0.00000441. The number of carbonyl (C=O) groups is 1. The molecule has 0 saturated heterocycles. The molecule has 0 aromatic heterocycles. The van der Waals surface area contributed by atoms with Crippen molar-refractivity contribution in [1.82, 2.24) is 0 Å². The van der Waals surface area contributed by atoms with Crippen LogP contribution in [-0.4, -0.2) is 16.2 Å². The van der Waals surface area contributed by atoms with Crippen molar-refractivity contribution < 1.29 is 15.0 Å². The number of aryl methyl sites for hydroxylation is 1. The van der Waals surface area contributed by atoms with Gasteiger partial charge in [-0.25, -0.2) is 0 Å². The SMILES string of the molecule is C.CC(C)(C)c1cc(CCCC(=O)O)c(O)c(C(C)(C)C)c1. The van der Waals surface area contributed by atoms with Gasteiger partial charge in [0.05, 0.1) is 0 Å². The van der Waals surface area contributed by atoms with E-state index < -0.39 is 5.97 Å². The van der Waals surface area contributed by atoms with Crippen molar-refractivity contribution in [2.45, 2.75) is 79.1 Å². The molecule has 0 amide bonds. The molecule has 0 fully saturated rings. The van der Waals surface area contributed by atoms with E-state index in [-0.39, 0.29) is 24.7 Å². The molecule has 0 aliphatic heterocycles. The maximum absolute atomic E-state index is 10.7. The van der Waals surface area contributed by atoms with Crippen LogP contribution in [0.15, 0.2) is 12.1 Å². The normalized spacial score (nSPS) is 11.9. The summed E-state index contributed by atoms with van der Waals surface area (Å²) in [6.07, 6.45) is 1.26.